The first-order valence-electron chi connectivity index (χ1n) is 6.61. The van der Waals surface area contributed by atoms with Crippen LogP contribution < -0.4 is 5.32 Å². The van der Waals surface area contributed by atoms with Crippen LogP contribution >= 0.6 is 23.2 Å². The second kappa shape index (κ2) is 6.40. The first-order valence-corrected chi connectivity index (χ1v) is 7.36. The number of carbonyl (C=O) groups excluding carboxylic acids is 1. The second-order valence-corrected chi connectivity index (χ2v) is 5.57. The molecule has 0 aliphatic rings. The van der Waals surface area contributed by atoms with Gasteiger partial charge in [0, 0.05) is 11.3 Å². The number of amides is 1. The zero-order valence-electron chi connectivity index (χ0n) is 11.6. The Morgan fingerprint density at radius 3 is 2.48 bits per heavy atom. The number of H-pyrrole nitrogens is 1. The maximum Gasteiger partial charge on any atom is 0.273 e. The van der Waals surface area contributed by atoms with Crippen LogP contribution in [0.1, 0.15) is 10.5 Å². The van der Waals surface area contributed by atoms with Crippen molar-refractivity contribution in [3.05, 3.63) is 70.1 Å². The highest BCUT2D eigenvalue weighted by Gasteiger charge is 2.12. The van der Waals surface area contributed by atoms with Gasteiger partial charge in [0.2, 0.25) is 0 Å². The number of anilines is 1. The standard InChI is InChI=1S/C16H10Cl2FN3O/c17-12-6-5-11(7-13(12)18)20-16(23)15-8-14(21-22-15)9-1-3-10(19)4-2-9/h1-8H,(H,20,23)(H,21,22). The fraction of sp³-hybridized carbons (Fsp3) is 0. The molecule has 0 radical (unpaired) electrons. The molecule has 0 fully saturated rings. The molecule has 3 rings (SSSR count). The van der Waals surface area contributed by atoms with Crippen molar-refractivity contribution in [3.63, 3.8) is 0 Å². The monoisotopic (exact) mass is 349 g/mol. The summed E-state index contributed by atoms with van der Waals surface area (Å²) in [7, 11) is 0. The molecule has 116 valence electrons. The fourth-order valence-electron chi connectivity index (χ4n) is 1.98. The van der Waals surface area contributed by atoms with Gasteiger partial charge in [0.15, 0.2) is 0 Å². The van der Waals surface area contributed by atoms with Crippen LogP contribution in [0.3, 0.4) is 0 Å². The van der Waals surface area contributed by atoms with Gasteiger partial charge in [-0.1, -0.05) is 23.2 Å². The molecule has 1 heterocycles. The summed E-state index contributed by atoms with van der Waals surface area (Å²) in [6.45, 7) is 0. The van der Waals surface area contributed by atoms with Gasteiger partial charge in [-0.2, -0.15) is 5.10 Å². The van der Waals surface area contributed by atoms with Gasteiger partial charge in [0.25, 0.3) is 5.91 Å². The average molecular weight is 350 g/mol. The minimum absolute atomic E-state index is 0.274. The van der Waals surface area contributed by atoms with Crippen molar-refractivity contribution in [1.29, 1.82) is 0 Å². The number of aromatic nitrogens is 2. The summed E-state index contributed by atoms with van der Waals surface area (Å²) in [4.78, 5) is 12.2. The average Bonchev–Trinajstić information content (AvgIpc) is 3.02. The Balaban J connectivity index is 1.78. The number of carbonyl (C=O) groups is 1. The number of benzene rings is 2. The molecule has 3 aromatic rings. The lowest BCUT2D eigenvalue weighted by atomic mass is 10.1. The van der Waals surface area contributed by atoms with E-state index < -0.39 is 0 Å². The SMILES string of the molecule is O=C(Nc1ccc(Cl)c(Cl)c1)c1cc(-c2ccc(F)cc2)n[nH]1. The first-order chi connectivity index (χ1) is 11.0. The highest BCUT2D eigenvalue weighted by molar-refractivity contribution is 6.42. The topological polar surface area (TPSA) is 57.8 Å². The van der Waals surface area contributed by atoms with E-state index in [-0.39, 0.29) is 17.4 Å². The number of nitrogens with zero attached hydrogens (tertiary/aromatic N) is 1. The molecule has 0 saturated heterocycles. The van der Waals surface area contributed by atoms with Crippen molar-refractivity contribution >= 4 is 34.8 Å². The number of aromatic amines is 1. The van der Waals surface area contributed by atoms with Gasteiger partial charge < -0.3 is 5.32 Å². The van der Waals surface area contributed by atoms with Gasteiger partial charge in [-0.25, -0.2) is 4.39 Å². The summed E-state index contributed by atoms with van der Waals surface area (Å²) in [5.41, 5.74) is 2.04. The molecule has 0 aliphatic heterocycles. The molecule has 0 atom stereocenters. The van der Waals surface area contributed by atoms with Crippen LogP contribution in [-0.2, 0) is 0 Å². The van der Waals surface area contributed by atoms with E-state index in [2.05, 4.69) is 15.5 Å². The van der Waals surface area contributed by atoms with Crippen LogP contribution in [0.25, 0.3) is 11.3 Å². The molecule has 1 aromatic heterocycles. The molecule has 0 spiro atoms. The number of nitrogens with one attached hydrogen (secondary N) is 2. The van der Waals surface area contributed by atoms with Crippen molar-refractivity contribution in [3.8, 4) is 11.3 Å². The minimum atomic E-state index is -0.371. The van der Waals surface area contributed by atoms with E-state index in [9.17, 15) is 9.18 Å². The molecule has 0 unspecified atom stereocenters. The van der Waals surface area contributed by atoms with Crippen LogP contribution in [0, 0.1) is 5.82 Å². The third kappa shape index (κ3) is 3.52. The van der Waals surface area contributed by atoms with Gasteiger partial charge >= 0.3 is 0 Å². The Bertz CT molecular complexity index is 862. The Hall–Kier alpha value is -2.37. The van der Waals surface area contributed by atoms with E-state index in [0.717, 1.165) is 0 Å². The molecular weight excluding hydrogens is 340 g/mol. The Morgan fingerprint density at radius 1 is 1.04 bits per heavy atom. The molecule has 0 saturated carbocycles. The number of hydrogen-bond donors (Lipinski definition) is 2. The summed E-state index contributed by atoms with van der Waals surface area (Å²) in [6.07, 6.45) is 0. The summed E-state index contributed by atoms with van der Waals surface area (Å²) < 4.78 is 12.9. The molecule has 2 N–H and O–H groups in total. The van der Waals surface area contributed by atoms with Crippen molar-refractivity contribution in [2.24, 2.45) is 0 Å². The van der Waals surface area contributed by atoms with E-state index in [0.29, 0.717) is 27.0 Å². The zero-order valence-corrected chi connectivity index (χ0v) is 13.1. The normalized spacial score (nSPS) is 10.6. The lowest BCUT2D eigenvalue weighted by Crippen LogP contribution is -2.12. The lowest BCUT2D eigenvalue weighted by Gasteiger charge is -2.04. The van der Waals surface area contributed by atoms with Crippen LogP contribution in [-0.4, -0.2) is 16.1 Å². The summed E-state index contributed by atoms with van der Waals surface area (Å²) in [5.74, 6) is -0.703. The smallest absolute Gasteiger partial charge is 0.273 e. The van der Waals surface area contributed by atoms with Crippen molar-refractivity contribution in [2.45, 2.75) is 0 Å². The van der Waals surface area contributed by atoms with Gasteiger partial charge in [-0.05, 0) is 48.5 Å². The highest BCUT2D eigenvalue weighted by atomic mass is 35.5. The van der Waals surface area contributed by atoms with Crippen LogP contribution in [0.15, 0.2) is 48.5 Å². The highest BCUT2D eigenvalue weighted by Crippen LogP contribution is 2.25. The number of halogens is 3. The van der Waals surface area contributed by atoms with Crippen LogP contribution in [0.5, 0.6) is 0 Å². The molecular formula is C16H10Cl2FN3O. The maximum absolute atomic E-state index is 12.9. The fourth-order valence-corrected chi connectivity index (χ4v) is 2.28. The zero-order chi connectivity index (χ0) is 16.4. The predicted molar refractivity (Wildman–Crippen MR) is 88.4 cm³/mol. The molecule has 0 bridgehead atoms. The number of hydrogen-bond acceptors (Lipinski definition) is 2. The molecule has 1 amide bonds. The second-order valence-electron chi connectivity index (χ2n) is 4.76. The molecule has 0 aliphatic carbocycles. The molecule has 7 heteroatoms. The first kappa shape index (κ1) is 15.5. The van der Waals surface area contributed by atoms with Gasteiger partial charge in [-0.3, -0.25) is 9.89 Å². The Morgan fingerprint density at radius 2 is 1.78 bits per heavy atom. The van der Waals surface area contributed by atoms with E-state index in [1.807, 2.05) is 0 Å². The molecule has 2 aromatic carbocycles. The van der Waals surface area contributed by atoms with Crippen molar-refractivity contribution in [2.75, 3.05) is 5.32 Å². The third-order valence-electron chi connectivity index (χ3n) is 3.14. The third-order valence-corrected chi connectivity index (χ3v) is 3.88. The van der Waals surface area contributed by atoms with Crippen molar-refractivity contribution < 1.29 is 9.18 Å². The van der Waals surface area contributed by atoms with E-state index in [1.165, 1.54) is 12.1 Å². The predicted octanol–water partition coefficient (Wildman–Crippen LogP) is 4.77. The van der Waals surface area contributed by atoms with E-state index in [1.54, 1.807) is 36.4 Å². The molecule has 23 heavy (non-hydrogen) atoms. The Labute approximate surface area is 141 Å². The van der Waals surface area contributed by atoms with E-state index >= 15 is 0 Å². The minimum Gasteiger partial charge on any atom is -0.321 e. The summed E-state index contributed by atoms with van der Waals surface area (Å²) in [6, 6.07) is 12.2. The van der Waals surface area contributed by atoms with Crippen LogP contribution in [0.4, 0.5) is 10.1 Å². The van der Waals surface area contributed by atoms with Gasteiger partial charge in [0.05, 0.1) is 15.7 Å². The van der Waals surface area contributed by atoms with E-state index in [4.69, 9.17) is 23.2 Å². The molecule has 4 nitrogen and oxygen atoms in total. The van der Waals surface area contributed by atoms with Gasteiger partial charge in [0.1, 0.15) is 11.5 Å². The lowest BCUT2D eigenvalue weighted by molar-refractivity contribution is 0.102. The maximum atomic E-state index is 12.9. The summed E-state index contributed by atoms with van der Waals surface area (Å²) >= 11 is 11.7. The van der Waals surface area contributed by atoms with Crippen LogP contribution in [0.2, 0.25) is 10.0 Å². The number of rotatable bonds is 3. The quantitative estimate of drug-likeness (QED) is 0.715. The summed E-state index contributed by atoms with van der Waals surface area (Å²) in [5, 5.41) is 10.1. The van der Waals surface area contributed by atoms with Crippen molar-refractivity contribution in [1.82, 2.24) is 10.2 Å². The largest absolute Gasteiger partial charge is 0.321 e. The Kier molecular flexibility index (Phi) is 4.32. The van der Waals surface area contributed by atoms with Gasteiger partial charge in [-0.15, -0.1) is 0 Å².